The number of hydrogen-bond donors (Lipinski definition) is 1. The van der Waals surface area contributed by atoms with Gasteiger partial charge in [-0.2, -0.15) is 0 Å². The third kappa shape index (κ3) is 4.73. The van der Waals surface area contributed by atoms with Crippen molar-refractivity contribution in [2.24, 2.45) is 5.92 Å². The first-order valence-electron chi connectivity index (χ1n) is 12.2. The molecule has 1 saturated heterocycles. The lowest BCUT2D eigenvalue weighted by Gasteiger charge is -2.37. The first kappa shape index (κ1) is 23.7. The highest BCUT2D eigenvalue weighted by molar-refractivity contribution is 5.99. The Balaban J connectivity index is 1.35. The molecule has 0 aliphatic carbocycles. The van der Waals surface area contributed by atoms with E-state index in [2.05, 4.69) is 41.7 Å². The zero-order valence-electron chi connectivity index (χ0n) is 20.5. The van der Waals surface area contributed by atoms with Crippen LogP contribution < -0.4 is 19.5 Å². The topological polar surface area (TPSA) is 77.1 Å². The fourth-order valence-electron chi connectivity index (χ4n) is 5.28. The summed E-state index contributed by atoms with van der Waals surface area (Å²) >= 11 is 0. The fraction of sp³-hybridized carbons (Fsp3) is 0.310. The number of nitrogens with zero attached hydrogens (tertiary/aromatic N) is 1. The molecule has 7 nitrogen and oxygen atoms in total. The zero-order valence-corrected chi connectivity index (χ0v) is 20.5. The second-order valence-corrected chi connectivity index (χ2v) is 9.18. The van der Waals surface area contributed by atoms with Gasteiger partial charge in [-0.25, -0.2) is 0 Å². The van der Waals surface area contributed by atoms with E-state index in [0.717, 1.165) is 12.8 Å². The van der Waals surface area contributed by atoms with Crippen LogP contribution in [-0.4, -0.2) is 50.6 Å². The summed E-state index contributed by atoms with van der Waals surface area (Å²) in [5.74, 6) is 2.32. The molecule has 3 aromatic carbocycles. The Kier molecular flexibility index (Phi) is 6.80. The second kappa shape index (κ2) is 10.3. The van der Waals surface area contributed by atoms with E-state index < -0.39 is 0 Å². The first-order chi connectivity index (χ1) is 17.6. The summed E-state index contributed by atoms with van der Waals surface area (Å²) in [5.41, 5.74) is 3.52. The van der Waals surface area contributed by atoms with E-state index in [9.17, 15) is 9.59 Å². The zero-order chi connectivity index (χ0) is 25.1. The number of ether oxygens (including phenoxy) is 3. The third-order valence-corrected chi connectivity index (χ3v) is 7.08. The maximum Gasteiger partial charge on any atom is 0.262 e. The Morgan fingerprint density at radius 2 is 1.69 bits per heavy atom. The molecule has 1 atom stereocenters. The fourth-order valence-corrected chi connectivity index (χ4v) is 5.28. The van der Waals surface area contributed by atoms with Crippen LogP contribution in [0.5, 0.6) is 17.2 Å². The van der Waals surface area contributed by atoms with Crippen molar-refractivity contribution in [3.63, 3.8) is 0 Å². The van der Waals surface area contributed by atoms with E-state index in [1.165, 1.54) is 11.1 Å². The minimum Gasteiger partial charge on any atom is -0.493 e. The van der Waals surface area contributed by atoms with Crippen molar-refractivity contribution >= 4 is 17.5 Å². The second-order valence-electron chi connectivity index (χ2n) is 9.18. The van der Waals surface area contributed by atoms with Crippen molar-refractivity contribution in [1.82, 2.24) is 4.90 Å². The molecule has 0 aromatic heterocycles. The van der Waals surface area contributed by atoms with Gasteiger partial charge in [0.1, 0.15) is 5.75 Å². The number of anilines is 1. The molecule has 7 heteroatoms. The van der Waals surface area contributed by atoms with E-state index >= 15 is 0 Å². The number of benzene rings is 3. The van der Waals surface area contributed by atoms with Crippen LogP contribution in [-0.2, 0) is 4.79 Å². The SMILES string of the molecule is COc1ccc([C@H](c2ccccc2)C2CCN(C(=O)c3ccc4c(c3)NC(=O)CO4)CC2)cc1OC. The lowest BCUT2D eigenvalue weighted by atomic mass is 9.76. The lowest BCUT2D eigenvalue weighted by molar-refractivity contribution is -0.118. The molecule has 36 heavy (non-hydrogen) atoms. The van der Waals surface area contributed by atoms with Gasteiger partial charge >= 0.3 is 0 Å². The van der Waals surface area contributed by atoms with Crippen LogP contribution in [0.4, 0.5) is 5.69 Å². The van der Waals surface area contributed by atoms with E-state index in [1.54, 1.807) is 32.4 Å². The summed E-state index contributed by atoms with van der Waals surface area (Å²) in [6.07, 6.45) is 1.76. The van der Waals surface area contributed by atoms with Crippen LogP contribution in [0.25, 0.3) is 0 Å². The van der Waals surface area contributed by atoms with Gasteiger partial charge in [0.25, 0.3) is 11.8 Å². The molecule has 2 heterocycles. The first-order valence-corrected chi connectivity index (χ1v) is 12.2. The van der Waals surface area contributed by atoms with Crippen molar-refractivity contribution in [2.45, 2.75) is 18.8 Å². The molecule has 0 bridgehead atoms. The predicted molar refractivity (Wildman–Crippen MR) is 137 cm³/mol. The number of nitrogens with one attached hydrogen (secondary N) is 1. The highest BCUT2D eigenvalue weighted by atomic mass is 16.5. The summed E-state index contributed by atoms with van der Waals surface area (Å²) < 4.78 is 16.4. The van der Waals surface area contributed by atoms with Gasteiger partial charge in [0.15, 0.2) is 18.1 Å². The highest BCUT2D eigenvalue weighted by Crippen LogP contribution is 2.41. The van der Waals surface area contributed by atoms with Crippen molar-refractivity contribution in [3.05, 3.63) is 83.4 Å². The smallest absolute Gasteiger partial charge is 0.262 e. The van der Waals surface area contributed by atoms with Gasteiger partial charge < -0.3 is 24.4 Å². The lowest BCUT2D eigenvalue weighted by Crippen LogP contribution is -2.40. The van der Waals surface area contributed by atoms with E-state index in [-0.39, 0.29) is 24.3 Å². The standard InChI is InChI=1S/C29H30N2O5/c1-34-25-11-8-21(17-26(25)35-2)28(19-6-4-3-5-7-19)20-12-14-31(15-13-20)29(33)22-9-10-24-23(16-22)30-27(32)18-36-24/h3-11,16-17,20,28H,12-15,18H2,1-2H3,(H,30,32)/t28-/m1/s1. The summed E-state index contributed by atoms with van der Waals surface area (Å²) in [6, 6.07) is 21.9. The van der Waals surface area contributed by atoms with Gasteiger partial charge in [0, 0.05) is 24.6 Å². The maximum atomic E-state index is 13.3. The van der Waals surface area contributed by atoms with Gasteiger partial charge in [-0.1, -0.05) is 36.4 Å². The average molecular weight is 487 g/mol. The molecule has 1 N–H and O–H groups in total. The highest BCUT2D eigenvalue weighted by Gasteiger charge is 2.31. The Hall–Kier alpha value is -4.00. The third-order valence-electron chi connectivity index (χ3n) is 7.08. The summed E-state index contributed by atoms with van der Waals surface area (Å²) in [6.45, 7) is 1.33. The van der Waals surface area contributed by atoms with E-state index in [0.29, 0.717) is 47.5 Å². The number of fused-ring (bicyclic) bond motifs is 1. The molecule has 2 aliphatic heterocycles. The number of carbonyl (C=O) groups is 2. The van der Waals surface area contributed by atoms with E-state index in [4.69, 9.17) is 14.2 Å². The Bertz CT molecular complexity index is 1250. The predicted octanol–water partition coefficient (Wildman–Crippen LogP) is 4.72. The molecule has 2 aliphatic rings. The van der Waals surface area contributed by atoms with Gasteiger partial charge in [-0.15, -0.1) is 0 Å². The number of hydrogen-bond acceptors (Lipinski definition) is 5. The van der Waals surface area contributed by atoms with Crippen molar-refractivity contribution < 1.29 is 23.8 Å². The monoisotopic (exact) mass is 486 g/mol. The minimum absolute atomic E-state index is 0.00351. The number of methoxy groups -OCH3 is 2. The Morgan fingerprint density at radius 1 is 0.944 bits per heavy atom. The molecular formula is C29H30N2O5. The number of piperidine rings is 1. The molecule has 5 rings (SSSR count). The maximum absolute atomic E-state index is 13.3. The number of rotatable bonds is 6. The van der Waals surface area contributed by atoms with Gasteiger partial charge in [-0.05, 0) is 60.2 Å². The molecule has 2 amide bonds. The number of likely N-dealkylation sites (tertiary alicyclic amines) is 1. The largest absolute Gasteiger partial charge is 0.493 e. The molecule has 0 saturated carbocycles. The van der Waals surface area contributed by atoms with Gasteiger partial charge in [-0.3, -0.25) is 9.59 Å². The molecule has 186 valence electrons. The van der Waals surface area contributed by atoms with Crippen LogP contribution in [0.3, 0.4) is 0 Å². The van der Waals surface area contributed by atoms with Crippen molar-refractivity contribution in [1.29, 1.82) is 0 Å². The number of amides is 2. The summed E-state index contributed by atoms with van der Waals surface area (Å²) in [4.78, 5) is 26.9. The van der Waals surface area contributed by atoms with Crippen LogP contribution >= 0.6 is 0 Å². The van der Waals surface area contributed by atoms with Crippen molar-refractivity contribution in [2.75, 3.05) is 39.2 Å². The van der Waals surface area contributed by atoms with Crippen LogP contribution in [0, 0.1) is 5.92 Å². The summed E-state index contributed by atoms with van der Waals surface area (Å²) in [7, 11) is 3.30. The van der Waals surface area contributed by atoms with Crippen LogP contribution in [0.2, 0.25) is 0 Å². The molecule has 0 spiro atoms. The Morgan fingerprint density at radius 3 is 2.42 bits per heavy atom. The van der Waals surface area contributed by atoms with Gasteiger partial charge in [0.05, 0.1) is 19.9 Å². The molecule has 0 radical (unpaired) electrons. The van der Waals surface area contributed by atoms with Crippen LogP contribution in [0.1, 0.15) is 40.2 Å². The summed E-state index contributed by atoms with van der Waals surface area (Å²) in [5, 5.41) is 2.78. The Labute approximate surface area is 211 Å². The van der Waals surface area contributed by atoms with E-state index in [1.807, 2.05) is 17.0 Å². The molecule has 0 unspecified atom stereocenters. The van der Waals surface area contributed by atoms with Crippen molar-refractivity contribution in [3.8, 4) is 17.2 Å². The number of carbonyl (C=O) groups excluding carboxylic acids is 2. The normalized spacial score (nSPS) is 16.4. The minimum atomic E-state index is -0.213. The molecule has 3 aromatic rings. The quantitative estimate of drug-likeness (QED) is 0.546. The average Bonchev–Trinajstić information content (AvgIpc) is 2.93. The van der Waals surface area contributed by atoms with Gasteiger partial charge in [0.2, 0.25) is 0 Å². The van der Waals surface area contributed by atoms with Crippen LogP contribution in [0.15, 0.2) is 66.7 Å². The molecular weight excluding hydrogens is 456 g/mol. The molecule has 1 fully saturated rings.